The molecule has 0 aliphatic heterocycles. The average molecular weight is 284 g/mol. The predicted octanol–water partition coefficient (Wildman–Crippen LogP) is 2.88. The SMILES string of the molecule is COc1cc(-c2oc3ccccc3c(=O)c2O)ccc1O. The third-order valence-corrected chi connectivity index (χ3v) is 3.22. The summed E-state index contributed by atoms with van der Waals surface area (Å²) in [5, 5.41) is 20.0. The summed E-state index contributed by atoms with van der Waals surface area (Å²) in [5.74, 6) is -0.245. The number of methoxy groups -OCH3 is 1. The van der Waals surface area contributed by atoms with Gasteiger partial charge in [0, 0.05) is 5.56 Å². The zero-order valence-corrected chi connectivity index (χ0v) is 11.2. The maximum atomic E-state index is 12.2. The number of hydrogen-bond acceptors (Lipinski definition) is 5. The minimum absolute atomic E-state index is 0.0381. The van der Waals surface area contributed by atoms with Crippen LogP contribution in [0.25, 0.3) is 22.3 Å². The van der Waals surface area contributed by atoms with E-state index in [4.69, 9.17) is 9.15 Å². The first-order chi connectivity index (χ1) is 10.1. The van der Waals surface area contributed by atoms with Crippen LogP contribution in [0.1, 0.15) is 0 Å². The Morgan fingerprint density at radius 1 is 1.10 bits per heavy atom. The van der Waals surface area contributed by atoms with Crippen molar-refractivity contribution in [3.63, 3.8) is 0 Å². The number of para-hydroxylation sites is 1. The van der Waals surface area contributed by atoms with E-state index in [2.05, 4.69) is 0 Å². The summed E-state index contributed by atoms with van der Waals surface area (Å²) < 4.78 is 10.6. The van der Waals surface area contributed by atoms with Crippen molar-refractivity contribution in [2.75, 3.05) is 7.11 Å². The van der Waals surface area contributed by atoms with Crippen molar-refractivity contribution in [2.24, 2.45) is 0 Å². The summed E-state index contributed by atoms with van der Waals surface area (Å²) in [5.41, 5.74) is 0.311. The van der Waals surface area contributed by atoms with Crippen molar-refractivity contribution in [2.45, 2.75) is 0 Å². The van der Waals surface area contributed by atoms with E-state index in [1.54, 1.807) is 24.3 Å². The first kappa shape index (κ1) is 13.1. The average Bonchev–Trinajstić information content (AvgIpc) is 2.51. The predicted molar refractivity (Wildman–Crippen MR) is 77.8 cm³/mol. The molecule has 0 atom stereocenters. The van der Waals surface area contributed by atoms with E-state index < -0.39 is 11.2 Å². The maximum Gasteiger partial charge on any atom is 0.235 e. The van der Waals surface area contributed by atoms with Crippen LogP contribution < -0.4 is 10.2 Å². The number of rotatable bonds is 2. The van der Waals surface area contributed by atoms with E-state index in [0.717, 1.165) is 0 Å². The summed E-state index contributed by atoms with van der Waals surface area (Å²) in [6.45, 7) is 0. The van der Waals surface area contributed by atoms with Crippen molar-refractivity contribution in [3.8, 4) is 28.6 Å². The van der Waals surface area contributed by atoms with Gasteiger partial charge in [0.15, 0.2) is 17.3 Å². The number of ether oxygens (including phenoxy) is 1. The van der Waals surface area contributed by atoms with Crippen LogP contribution in [-0.2, 0) is 0 Å². The van der Waals surface area contributed by atoms with E-state index in [9.17, 15) is 15.0 Å². The van der Waals surface area contributed by atoms with Gasteiger partial charge in [-0.15, -0.1) is 0 Å². The lowest BCUT2D eigenvalue weighted by atomic mass is 10.1. The molecule has 0 fully saturated rings. The minimum atomic E-state index is -0.501. The van der Waals surface area contributed by atoms with Gasteiger partial charge in [0.05, 0.1) is 12.5 Å². The number of aromatic hydroxyl groups is 2. The third-order valence-electron chi connectivity index (χ3n) is 3.22. The van der Waals surface area contributed by atoms with E-state index >= 15 is 0 Å². The van der Waals surface area contributed by atoms with Gasteiger partial charge >= 0.3 is 0 Å². The lowest BCUT2D eigenvalue weighted by Gasteiger charge is -2.08. The Kier molecular flexibility index (Phi) is 3.02. The van der Waals surface area contributed by atoms with E-state index in [0.29, 0.717) is 16.5 Å². The molecule has 0 aliphatic carbocycles. The Hall–Kier alpha value is -2.95. The van der Waals surface area contributed by atoms with Gasteiger partial charge in [-0.1, -0.05) is 12.1 Å². The maximum absolute atomic E-state index is 12.2. The van der Waals surface area contributed by atoms with Crippen molar-refractivity contribution in [1.29, 1.82) is 0 Å². The van der Waals surface area contributed by atoms with Crippen LogP contribution in [0.5, 0.6) is 17.2 Å². The standard InChI is InChI=1S/C16H12O5/c1-20-13-8-9(6-7-11(13)17)16-15(19)14(18)10-4-2-3-5-12(10)21-16/h2-8,17,19H,1H3. The fourth-order valence-electron chi connectivity index (χ4n) is 2.15. The summed E-state index contributed by atoms with van der Waals surface area (Å²) in [4.78, 5) is 12.2. The molecular formula is C16H12O5. The molecule has 5 nitrogen and oxygen atoms in total. The molecule has 2 aromatic carbocycles. The lowest BCUT2D eigenvalue weighted by molar-refractivity contribution is 0.373. The Labute approximate surface area is 119 Å². The topological polar surface area (TPSA) is 79.9 Å². The molecule has 5 heteroatoms. The van der Waals surface area contributed by atoms with Crippen LogP contribution in [0, 0.1) is 0 Å². The molecule has 1 heterocycles. The molecule has 3 rings (SSSR count). The molecule has 106 valence electrons. The molecule has 2 N–H and O–H groups in total. The largest absolute Gasteiger partial charge is 0.504 e. The van der Waals surface area contributed by atoms with Crippen molar-refractivity contribution in [1.82, 2.24) is 0 Å². The first-order valence-electron chi connectivity index (χ1n) is 6.24. The minimum Gasteiger partial charge on any atom is -0.504 e. The van der Waals surface area contributed by atoms with Crippen LogP contribution in [-0.4, -0.2) is 17.3 Å². The van der Waals surface area contributed by atoms with Crippen molar-refractivity contribution >= 4 is 11.0 Å². The van der Waals surface area contributed by atoms with Gasteiger partial charge in [0.1, 0.15) is 5.58 Å². The van der Waals surface area contributed by atoms with Crippen molar-refractivity contribution in [3.05, 3.63) is 52.7 Å². The van der Waals surface area contributed by atoms with Crippen LogP contribution >= 0.6 is 0 Å². The van der Waals surface area contributed by atoms with Crippen molar-refractivity contribution < 1.29 is 19.4 Å². The molecule has 0 saturated carbocycles. The smallest absolute Gasteiger partial charge is 0.235 e. The molecule has 3 aromatic rings. The molecule has 0 bridgehead atoms. The summed E-state index contributed by atoms with van der Waals surface area (Å²) in [7, 11) is 1.41. The van der Waals surface area contributed by atoms with Gasteiger partial charge in [-0.3, -0.25) is 4.79 Å². The second-order valence-corrected chi connectivity index (χ2v) is 4.49. The van der Waals surface area contributed by atoms with Gasteiger partial charge in [-0.25, -0.2) is 0 Å². The summed E-state index contributed by atoms with van der Waals surface area (Å²) in [6, 6.07) is 11.1. The van der Waals surface area contributed by atoms with E-state index in [1.165, 1.54) is 25.3 Å². The number of phenols is 1. The number of phenolic OH excluding ortho intramolecular Hbond substituents is 1. The number of benzene rings is 2. The molecule has 0 unspecified atom stereocenters. The quantitative estimate of drug-likeness (QED) is 0.756. The highest BCUT2D eigenvalue weighted by atomic mass is 16.5. The number of fused-ring (bicyclic) bond motifs is 1. The highest BCUT2D eigenvalue weighted by Crippen LogP contribution is 2.35. The summed E-state index contributed by atoms with van der Waals surface area (Å²) in [6.07, 6.45) is 0. The molecule has 1 aromatic heterocycles. The molecule has 0 aliphatic rings. The zero-order chi connectivity index (χ0) is 15.0. The van der Waals surface area contributed by atoms with Gasteiger partial charge < -0.3 is 19.4 Å². The number of hydrogen-bond donors (Lipinski definition) is 2. The van der Waals surface area contributed by atoms with Gasteiger partial charge in [-0.05, 0) is 30.3 Å². The normalized spacial score (nSPS) is 10.7. The fraction of sp³-hybridized carbons (Fsp3) is 0.0625. The molecule has 0 spiro atoms. The zero-order valence-electron chi connectivity index (χ0n) is 11.2. The van der Waals surface area contributed by atoms with E-state index in [-0.39, 0.29) is 17.3 Å². The van der Waals surface area contributed by atoms with Gasteiger partial charge in [-0.2, -0.15) is 0 Å². The molecule has 0 amide bonds. The lowest BCUT2D eigenvalue weighted by Crippen LogP contribution is -2.02. The van der Waals surface area contributed by atoms with Crippen LogP contribution in [0.4, 0.5) is 0 Å². The highest BCUT2D eigenvalue weighted by molar-refractivity contribution is 5.82. The molecule has 21 heavy (non-hydrogen) atoms. The molecule has 0 saturated heterocycles. The van der Waals surface area contributed by atoms with Crippen LogP contribution in [0.3, 0.4) is 0 Å². The molecule has 0 radical (unpaired) electrons. The Morgan fingerprint density at radius 2 is 1.86 bits per heavy atom. The van der Waals surface area contributed by atoms with Crippen LogP contribution in [0.15, 0.2) is 51.7 Å². The van der Waals surface area contributed by atoms with Gasteiger partial charge in [0.25, 0.3) is 0 Å². The Balaban J connectivity index is 2.30. The highest BCUT2D eigenvalue weighted by Gasteiger charge is 2.16. The van der Waals surface area contributed by atoms with E-state index in [1.807, 2.05) is 0 Å². The first-order valence-corrected chi connectivity index (χ1v) is 6.24. The van der Waals surface area contributed by atoms with Crippen LogP contribution in [0.2, 0.25) is 0 Å². The molecular weight excluding hydrogens is 272 g/mol. The second-order valence-electron chi connectivity index (χ2n) is 4.49. The second kappa shape index (κ2) is 4.86. The third kappa shape index (κ3) is 2.08. The van der Waals surface area contributed by atoms with Gasteiger partial charge in [0.2, 0.25) is 11.2 Å². The Morgan fingerprint density at radius 3 is 2.62 bits per heavy atom. The summed E-state index contributed by atoms with van der Waals surface area (Å²) >= 11 is 0. The Bertz CT molecular complexity index is 879. The monoisotopic (exact) mass is 284 g/mol. The fourth-order valence-corrected chi connectivity index (χ4v) is 2.15.